The van der Waals surface area contributed by atoms with Gasteiger partial charge >= 0.3 is 0 Å². The maximum Gasteiger partial charge on any atom is 0.282 e. The van der Waals surface area contributed by atoms with Crippen molar-refractivity contribution in [3.63, 3.8) is 0 Å². The first-order valence-corrected chi connectivity index (χ1v) is 7.11. The summed E-state index contributed by atoms with van der Waals surface area (Å²) >= 11 is 16.1. The second-order valence-electron chi connectivity index (χ2n) is 2.25. The molecule has 0 amide bonds. The highest BCUT2D eigenvalue weighted by molar-refractivity contribution is 8.13. The van der Waals surface area contributed by atoms with E-state index < -0.39 is 11.1 Å². The van der Waals surface area contributed by atoms with E-state index in [-0.39, 0.29) is 10.9 Å². The molecule has 0 saturated heterocycles. The second-order valence-corrected chi connectivity index (χ2v) is 7.38. The van der Waals surface area contributed by atoms with Crippen LogP contribution < -0.4 is 5.30 Å². The molecule has 1 aromatic carbocycles. The molecule has 0 heterocycles. The molecule has 0 aliphatic heterocycles. The third-order valence-electron chi connectivity index (χ3n) is 1.40. The van der Waals surface area contributed by atoms with E-state index in [4.69, 9.17) is 34.1 Å². The lowest BCUT2D eigenvalue weighted by Crippen LogP contribution is -2.08. The molecule has 0 atom stereocenters. The van der Waals surface area contributed by atoms with Crippen LogP contribution in [0.2, 0.25) is 0 Å². The van der Waals surface area contributed by atoms with Crippen LogP contribution in [0.5, 0.6) is 0 Å². The largest absolute Gasteiger partial charge is 0.284 e. The van der Waals surface area contributed by atoms with Crippen LogP contribution in [0.4, 0.5) is 0 Å². The van der Waals surface area contributed by atoms with Gasteiger partial charge < -0.3 is 0 Å². The van der Waals surface area contributed by atoms with Crippen LogP contribution in [0, 0.1) is 0 Å². The van der Waals surface area contributed by atoms with E-state index in [0.717, 1.165) is 0 Å². The summed E-state index contributed by atoms with van der Waals surface area (Å²) in [5.74, 6) is -3.47. The minimum Gasteiger partial charge on any atom is -0.284 e. The van der Waals surface area contributed by atoms with Crippen LogP contribution in [0.3, 0.4) is 0 Å². The Morgan fingerprint density at radius 2 is 1.77 bits per heavy atom. The molecule has 1 rings (SSSR count). The van der Waals surface area contributed by atoms with Gasteiger partial charge in [-0.15, -0.1) is 0 Å². The molecule has 0 N–H and O–H groups in total. The molecule has 0 radical (unpaired) electrons. The van der Waals surface area contributed by atoms with Gasteiger partial charge in [0.05, 0.1) is 5.30 Å². The van der Waals surface area contributed by atoms with Crippen LogP contribution in [0.15, 0.2) is 24.3 Å². The van der Waals surface area contributed by atoms with E-state index >= 15 is 0 Å². The summed E-state index contributed by atoms with van der Waals surface area (Å²) in [4.78, 5) is 10.8. The van der Waals surface area contributed by atoms with E-state index in [2.05, 4.69) is 0 Å². The van der Waals surface area contributed by atoms with Crippen molar-refractivity contribution < 1.29 is 9.36 Å². The SMILES string of the molecule is O=C(Cl)c1ccccc1P(=O)(Cl)Cl. The summed E-state index contributed by atoms with van der Waals surface area (Å²) in [6.07, 6.45) is 0. The third-order valence-corrected chi connectivity index (χ3v) is 3.64. The first-order valence-electron chi connectivity index (χ1n) is 3.21. The zero-order valence-electron chi connectivity index (χ0n) is 6.21. The molecule has 0 bridgehead atoms. The monoisotopic (exact) mass is 256 g/mol. The van der Waals surface area contributed by atoms with Gasteiger partial charge in [0.1, 0.15) is 0 Å². The minimum absolute atomic E-state index is 0.0810. The van der Waals surface area contributed by atoms with E-state index in [1.54, 1.807) is 12.1 Å². The van der Waals surface area contributed by atoms with Gasteiger partial charge in [0.25, 0.3) is 11.1 Å². The number of halogens is 3. The van der Waals surface area contributed by atoms with E-state index in [1.807, 2.05) is 0 Å². The van der Waals surface area contributed by atoms with Crippen LogP contribution in [-0.4, -0.2) is 5.24 Å². The Bertz CT molecular complexity index is 385. The Balaban J connectivity index is 3.37. The zero-order chi connectivity index (χ0) is 10.1. The maximum absolute atomic E-state index is 11.3. The lowest BCUT2D eigenvalue weighted by Gasteiger charge is -2.05. The molecule has 0 saturated carbocycles. The predicted octanol–water partition coefficient (Wildman–Crippen LogP) is 3.36. The fraction of sp³-hybridized carbons (Fsp3) is 0. The Hall–Kier alpha value is -0.0100. The molecule has 0 unspecified atom stereocenters. The average molecular weight is 257 g/mol. The summed E-state index contributed by atoms with van der Waals surface area (Å²) in [5, 5.41) is -0.643. The third kappa shape index (κ3) is 2.72. The van der Waals surface area contributed by atoms with Crippen molar-refractivity contribution in [1.82, 2.24) is 0 Å². The highest BCUT2D eigenvalue weighted by Gasteiger charge is 2.23. The van der Waals surface area contributed by atoms with E-state index in [0.29, 0.717) is 0 Å². The molecule has 2 nitrogen and oxygen atoms in total. The molecule has 0 spiro atoms. The number of hydrogen-bond acceptors (Lipinski definition) is 2. The van der Waals surface area contributed by atoms with Crippen LogP contribution in [-0.2, 0) is 4.57 Å². The number of benzene rings is 1. The Kier molecular flexibility index (Phi) is 3.42. The molecule has 13 heavy (non-hydrogen) atoms. The quantitative estimate of drug-likeness (QED) is 0.601. The Labute approximate surface area is 89.7 Å². The van der Waals surface area contributed by atoms with Gasteiger partial charge in [-0.2, -0.15) is 0 Å². The van der Waals surface area contributed by atoms with Crippen LogP contribution in [0.25, 0.3) is 0 Å². The van der Waals surface area contributed by atoms with Gasteiger partial charge in [-0.3, -0.25) is 9.36 Å². The second kappa shape index (κ2) is 4.02. The highest BCUT2D eigenvalue weighted by atomic mass is 35.9. The van der Waals surface area contributed by atoms with Gasteiger partial charge in [0, 0.05) is 5.56 Å². The van der Waals surface area contributed by atoms with Crippen molar-refractivity contribution in [1.29, 1.82) is 0 Å². The molecule has 0 fully saturated rings. The number of hydrogen-bond donors (Lipinski definition) is 0. The first kappa shape index (κ1) is 11.1. The lowest BCUT2D eigenvalue weighted by molar-refractivity contribution is 0.108. The minimum atomic E-state index is -3.47. The average Bonchev–Trinajstić information content (AvgIpc) is 2.03. The fourth-order valence-corrected chi connectivity index (χ4v) is 2.70. The Morgan fingerprint density at radius 1 is 1.23 bits per heavy atom. The molecular formula is C7H4Cl3O2P. The highest BCUT2D eigenvalue weighted by Crippen LogP contribution is 2.55. The van der Waals surface area contributed by atoms with Crippen LogP contribution >= 0.6 is 39.9 Å². The molecule has 6 heteroatoms. The predicted molar refractivity (Wildman–Crippen MR) is 55.6 cm³/mol. The summed E-state index contributed by atoms with van der Waals surface area (Å²) in [5.41, 5.74) is 0.0810. The van der Waals surface area contributed by atoms with Gasteiger partial charge in [0.15, 0.2) is 0 Å². The molecule has 1 aromatic rings. The van der Waals surface area contributed by atoms with Crippen molar-refractivity contribution in [2.24, 2.45) is 0 Å². The molecule has 0 aromatic heterocycles. The smallest absolute Gasteiger partial charge is 0.282 e. The van der Waals surface area contributed by atoms with Gasteiger partial charge in [-0.25, -0.2) is 0 Å². The number of rotatable bonds is 2. The van der Waals surface area contributed by atoms with E-state index in [9.17, 15) is 9.36 Å². The molecular weight excluding hydrogens is 253 g/mol. The lowest BCUT2D eigenvalue weighted by atomic mass is 10.2. The van der Waals surface area contributed by atoms with Crippen molar-refractivity contribution in [2.45, 2.75) is 0 Å². The van der Waals surface area contributed by atoms with Crippen molar-refractivity contribution >= 4 is 50.5 Å². The summed E-state index contributed by atoms with van der Waals surface area (Å²) in [7, 11) is 0. The molecule has 70 valence electrons. The molecule has 0 aliphatic rings. The molecule has 0 aliphatic carbocycles. The fourth-order valence-electron chi connectivity index (χ4n) is 0.867. The first-order chi connectivity index (χ1) is 5.93. The van der Waals surface area contributed by atoms with Crippen LogP contribution in [0.1, 0.15) is 10.4 Å². The number of carbonyl (C=O) groups excluding carboxylic acids is 1. The summed E-state index contributed by atoms with van der Waals surface area (Å²) in [6, 6.07) is 6.00. The zero-order valence-corrected chi connectivity index (χ0v) is 9.37. The van der Waals surface area contributed by atoms with Crippen molar-refractivity contribution in [3.8, 4) is 0 Å². The standard InChI is InChI=1S/C7H4Cl3O2P/c8-7(11)5-3-1-2-4-6(5)13(9,10)12/h1-4H. The van der Waals surface area contributed by atoms with Gasteiger partial charge in [0.2, 0.25) is 0 Å². The summed E-state index contributed by atoms with van der Waals surface area (Å²) < 4.78 is 11.3. The van der Waals surface area contributed by atoms with Crippen molar-refractivity contribution in [3.05, 3.63) is 29.8 Å². The van der Waals surface area contributed by atoms with Gasteiger partial charge in [-0.1, -0.05) is 12.1 Å². The normalized spacial score (nSPS) is 11.3. The van der Waals surface area contributed by atoms with Crippen molar-refractivity contribution in [2.75, 3.05) is 0 Å². The van der Waals surface area contributed by atoms with Gasteiger partial charge in [-0.05, 0) is 46.2 Å². The Morgan fingerprint density at radius 3 is 2.15 bits per heavy atom. The summed E-state index contributed by atoms with van der Waals surface area (Å²) in [6.45, 7) is 0. The number of carbonyl (C=O) groups is 1. The van der Waals surface area contributed by atoms with E-state index in [1.165, 1.54) is 12.1 Å². The maximum atomic E-state index is 11.3. The topological polar surface area (TPSA) is 34.1 Å².